The Balaban J connectivity index is 1.32. The van der Waals surface area contributed by atoms with E-state index in [9.17, 15) is 13.2 Å². The number of sulfonamides is 1. The molecule has 2 aliphatic heterocycles. The van der Waals surface area contributed by atoms with Gasteiger partial charge < -0.3 is 14.6 Å². The standard InChI is InChI=1S/C20H25N3O5S/c1-13-9-16-10-15(3-4-18(16)27-13)19-11-17(22-28-19)12-21-20(24)14-5-7-23(8-6-14)29(2,25)26/h3-4,10-11,13-14H,5-9,12H2,1-2H3,(H,21,24). The molecule has 29 heavy (non-hydrogen) atoms. The first-order chi connectivity index (χ1) is 13.8. The molecule has 1 N–H and O–H groups in total. The number of benzene rings is 1. The molecule has 8 nitrogen and oxygen atoms in total. The zero-order valence-corrected chi connectivity index (χ0v) is 17.4. The van der Waals surface area contributed by atoms with Gasteiger partial charge >= 0.3 is 0 Å². The van der Waals surface area contributed by atoms with Crippen LogP contribution in [0.25, 0.3) is 11.3 Å². The second-order valence-electron chi connectivity index (χ2n) is 7.79. The summed E-state index contributed by atoms with van der Waals surface area (Å²) in [5.74, 6) is 1.30. The van der Waals surface area contributed by atoms with Crippen molar-refractivity contribution in [1.29, 1.82) is 0 Å². The van der Waals surface area contributed by atoms with Crippen LogP contribution >= 0.6 is 0 Å². The van der Waals surface area contributed by atoms with Gasteiger partial charge in [0.05, 0.1) is 12.8 Å². The SMILES string of the molecule is CC1Cc2cc(-c3cc(CNC(=O)C4CCN(S(C)(=O)=O)CC4)no3)ccc2O1. The number of rotatable bonds is 5. The lowest BCUT2D eigenvalue weighted by atomic mass is 9.97. The molecule has 0 bridgehead atoms. The topological polar surface area (TPSA) is 102 Å². The fourth-order valence-corrected chi connectivity index (χ4v) is 4.75. The minimum Gasteiger partial charge on any atom is -0.490 e. The van der Waals surface area contributed by atoms with Gasteiger partial charge in [-0.15, -0.1) is 0 Å². The van der Waals surface area contributed by atoms with E-state index in [4.69, 9.17) is 9.26 Å². The summed E-state index contributed by atoms with van der Waals surface area (Å²) < 4.78 is 35.7. The van der Waals surface area contributed by atoms with Crippen molar-refractivity contribution >= 4 is 15.9 Å². The summed E-state index contributed by atoms with van der Waals surface area (Å²) in [6.07, 6.45) is 3.31. The first-order valence-electron chi connectivity index (χ1n) is 9.78. The predicted octanol–water partition coefficient (Wildman–Crippen LogP) is 1.95. The summed E-state index contributed by atoms with van der Waals surface area (Å²) in [6, 6.07) is 7.76. The fraction of sp³-hybridized carbons (Fsp3) is 0.500. The van der Waals surface area contributed by atoms with E-state index in [1.807, 2.05) is 25.1 Å². The Labute approximate surface area is 170 Å². The van der Waals surface area contributed by atoms with Crippen LogP contribution in [0.5, 0.6) is 5.75 Å². The highest BCUT2D eigenvalue weighted by atomic mass is 32.2. The van der Waals surface area contributed by atoms with Crippen LogP contribution in [0, 0.1) is 5.92 Å². The molecule has 3 heterocycles. The van der Waals surface area contributed by atoms with Crippen molar-refractivity contribution in [3.8, 4) is 17.1 Å². The maximum atomic E-state index is 12.4. The Morgan fingerprint density at radius 1 is 1.28 bits per heavy atom. The lowest BCUT2D eigenvalue weighted by Gasteiger charge is -2.29. The van der Waals surface area contributed by atoms with E-state index >= 15 is 0 Å². The molecule has 1 aromatic heterocycles. The first-order valence-corrected chi connectivity index (χ1v) is 11.6. The number of hydrogen-bond donors (Lipinski definition) is 1. The van der Waals surface area contributed by atoms with Crippen molar-refractivity contribution in [2.45, 2.75) is 38.8 Å². The zero-order valence-electron chi connectivity index (χ0n) is 16.6. The van der Waals surface area contributed by atoms with E-state index in [1.54, 1.807) is 0 Å². The molecule has 2 aliphatic rings. The number of fused-ring (bicyclic) bond motifs is 1. The second kappa shape index (κ2) is 7.79. The molecule has 0 radical (unpaired) electrons. The van der Waals surface area contributed by atoms with Crippen LogP contribution in [-0.4, -0.2) is 49.2 Å². The summed E-state index contributed by atoms with van der Waals surface area (Å²) in [7, 11) is -3.19. The number of nitrogens with zero attached hydrogens (tertiary/aromatic N) is 2. The Morgan fingerprint density at radius 3 is 2.76 bits per heavy atom. The number of aromatic nitrogens is 1. The van der Waals surface area contributed by atoms with Crippen LogP contribution in [0.15, 0.2) is 28.8 Å². The average molecular weight is 420 g/mol. The van der Waals surface area contributed by atoms with Gasteiger partial charge in [0.25, 0.3) is 0 Å². The van der Waals surface area contributed by atoms with E-state index < -0.39 is 10.0 Å². The third-order valence-corrected chi connectivity index (χ3v) is 6.78. The highest BCUT2D eigenvalue weighted by Gasteiger charge is 2.29. The lowest BCUT2D eigenvalue weighted by Crippen LogP contribution is -2.42. The minimum atomic E-state index is -3.19. The number of piperidine rings is 1. The smallest absolute Gasteiger partial charge is 0.223 e. The quantitative estimate of drug-likeness (QED) is 0.795. The average Bonchev–Trinajstić information content (AvgIpc) is 3.30. The summed E-state index contributed by atoms with van der Waals surface area (Å²) >= 11 is 0. The van der Waals surface area contributed by atoms with Crippen molar-refractivity contribution in [2.75, 3.05) is 19.3 Å². The van der Waals surface area contributed by atoms with E-state index in [-0.39, 0.29) is 24.5 Å². The molecular formula is C20H25N3O5S. The van der Waals surface area contributed by atoms with Gasteiger partial charge in [-0.1, -0.05) is 5.16 Å². The van der Waals surface area contributed by atoms with Crippen LogP contribution in [0.4, 0.5) is 0 Å². The Kier molecular flexibility index (Phi) is 5.35. The summed E-state index contributed by atoms with van der Waals surface area (Å²) in [4.78, 5) is 12.4. The largest absolute Gasteiger partial charge is 0.490 e. The first kappa shape index (κ1) is 19.9. The number of ether oxygens (including phenoxy) is 1. The maximum Gasteiger partial charge on any atom is 0.223 e. The van der Waals surface area contributed by atoms with Gasteiger partial charge in [0.1, 0.15) is 17.5 Å². The van der Waals surface area contributed by atoms with Crippen molar-refractivity contribution < 1.29 is 22.5 Å². The van der Waals surface area contributed by atoms with Gasteiger partial charge in [-0.05, 0) is 43.5 Å². The number of carbonyl (C=O) groups excluding carboxylic acids is 1. The molecule has 1 fully saturated rings. The summed E-state index contributed by atoms with van der Waals surface area (Å²) in [5, 5.41) is 6.94. The van der Waals surface area contributed by atoms with E-state index in [0.29, 0.717) is 37.4 Å². The lowest BCUT2D eigenvalue weighted by molar-refractivity contribution is -0.126. The van der Waals surface area contributed by atoms with Crippen LogP contribution in [0.3, 0.4) is 0 Å². The van der Waals surface area contributed by atoms with E-state index in [0.717, 1.165) is 23.3 Å². The molecule has 2 aromatic rings. The van der Waals surface area contributed by atoms with E-state index in [2.05, 4.69) is 16.5 Å². The van der Waals surface area contributed by atoms with Crippen molar-refractivity contribution in [3.63, 3.8) is 0 Å². The Hall–Kier alpha value is -2.39. The molecule has 156 valence electrons. The molecule has 0 spiro atoms. The molecule has 1 unspecified atom stereocenters. The van der Waals surface area contributed by atoms with Crippen LogP contribution in [0.1, 0.15) is 31.0 Å². The van der Waals surface area contributed by atoms with Crippen molar-refractivity contribution in [2.24, 2.45) is 5.92 Å². The Morgan fingerprint density at radius 2 is 2.03 bits per heavy atom. The second-order valence-corrected chi connectivity index (χ2v) is 9.77. The van der Waals surface area contributed by atoms with Crippen molar-refractivity contribution in [1.82, 2.24) is 14.8 Å². The molecule has 1 atom stereocenters. The summed E-state index contributed by atoms with van der Waals surface area (Å²) in [5.41, 5.74) is 2.73. The van der Waals surface area contributed by atoms with Gasteiger partial charge in [0.2, 0.25) is 15.9 Å². The molecule has 9 heteroatoms. The fourth-order valence-electron chi connectivity index (χ4n) is 3.88. The van der Waals surface area contributed by atoms with Crippen LogP contribution in [0.2, 0.25) is 0 Å². The molecule has 0 saturated carbocycles. The highest BCUT2D eigenvalue weighted by molar-refractivity contribution is 7.88. The normalized spacial score (nSPS) is 20.3. The molecule has 4 rings (SSSR count). The number of hydrogen-bond acceptors (Lipinski definition) is 6. The minimum absolute atomic E-state index is 0.0774. The third-order valence-electron chi connectivity index (χ3n) is 5.48. The molecular weight excluding hydrogens is 394 g/mol. The highest BCUT2D eigenvalue weighted by Crippen LogP contribution is 2.33. The van der Waals surface area contributed by atoms with Gasteiger partial charge in [0, 0.05) is 37.1 Å². The van der Waals surface area contributed by atoms with Gasteiger partial charge in [-0.3, -0.25) is 4.79 Å². The molecule has 1 aromatic carbocycles. The van der Waals surface area contributed by atoms with Gasteiger partial charge in [0.15, 0.2) is 5.76 Å². The van der Waals surface area contributed by atoms with Gasteiger partial charge in [-0.2, -0.15) is 0 Å². The monoisotopic (exact) mass is 419 g/mol. The number of carbonyl (C=O) groups is 1. The zero-order chi connectivity index (χ0) is 20.6. The van der Waals surface area contributed by atoms with Crippen molar-refractivity contribution in [3.05, 3.63) is 35.5 Å². The van der Waals surface area contributed by atoms with Gasteiger partial charge in [-0.25, -0.2) is 12.7 Å². The number of amides is 1. The Bertz CT molecular complexity index is 1010. The number of nitrogens with one attached hydrogen (secondary N) is 1. The molecule has 0 aliphatic carbocycles. The van der Waals surface area contributed by atoms with Crippen LogP contribution in [-0.2, 0) is 27.8 Å². The third kappa shape index (κ3) is 4.45. The summed E-state index contributed by atoms with van der Waals surface area (Å²) in [6.45, 7) is 3.08. The molecule has 1 saturated heterocycles. The van der Waals surface area contributed by atoms with Crippen LogP contribution < -0.4 is 10.1 Å². The van der Waals surface area contributed by atoms with E-state index in [1.165, 1.54) is 10.6 Å². The maximum absolute atomic E-state index is 12.4. The molecule has 1 amide bonds. The predicted molar refractivity (Wildman–Crippen MR) is 107 cm³/mol.